The van der Waals surface area contributed by atoms with Gasteiger partial charge in [0, 0.05) is 12.4 Å². The van der Waals surface area contributed by atoms with Crippen molar-refractivity contribution in [3.05, 3.63) is 73.5 Å². The van der Waals surface area contributed by atoms with Gasteiger partial charge in [0.25, 0.3) is 0 Å². The molecule has 78 heavy (non-hydrogen) atoms. The minimum Gasteiger partial charge on any atom is -0.473 e. The van der Waals surface area contributed by atoms with Crippen molar-refractivity contribution in [3.63, 3.8) is 0 Å². The molecule has 0 unspecified atom stereocenters. The molecule has 0 radical (unpaired) electrons. The Bertz CT molecular complexity index is 1290. The molecule has 9 rings (SSSR count). The van der Waals surface area contributed by atoms with Crippen molar-refractivity contribution < 1.29 is 4.74 Å². The Kier molecular flexibility index (Phi) is 81.0. The van der Waals surface area contributed by atoms with Crippen molar-refractivity contribution in [1.82, 2.24) is 9.97 Å². The molecule has 7 aliphatic rings. The maximum absolute atomic E-state index is 4.77. The fourth-order valence-electron chi connectivity index (χ4n) is 7.62. The van der Waals surface area contributed by atoms with Gasteiger partial charge in [0.1, 0.15) is 0 Å². The molecule has 0 bridgehead atoms. The number of benzene rings is 1. The predicted octanol–water partition coefficient (Wildman–Crippen LogP) is 27.8. The van der Waals surface area contributed by atoms with Crippen LogP contribution in [0.15, 0.2) is 73.5 Å². The standard InChI is InChI=1S/C9H18.C8H6N2.C8H16.C7H14.C6H6O.C6H12.C5H10.2C5H12.C4H8.6C2H6/c1-9-7-5-3-2-4-6-8-9;1-2-4-8-7(3-1)9-5-6-10-8;1-8-6-4-2-3-5-7-8;1-7-5-3-2-4-6-7;1-2-4-6-7-5-3-1;1-6-4-2-3-5-6;1-5-3-2-4-5;2*1-5(2,3)4;1-4-2-3-4;6*1-2/h9H,2-8H2,1H3;1-6H;8H,2-7H2,1H3;7H,2-6H2,1H3;1-6H;6H,2-5H2,1H3;5H,2-4H2,1H3;2*1-4H3;4H,2-3H2,1H3;6*1-2H3. The van der Waals surface area contributed by atoms with Gasteiger partial charge in [-0.3, -0.25) is 9.97 Å². The van der Waals surface area contributed by atoms with Crippen molar-refractivity contribution in [2.24, 2.45) is 46.3 Å². The normalized spacial score (nSPS) is 17.4. The van der Waals surface area contributed by atoms with Gasteiger partial charge in [0.15, 0.2) is 0 Å². The van der Waals surface area contributed by atoms with Crippen LogP contribution in [0.1, 0.15) is 353 Å². The summed E-state index contributed by atoms with van der Waals surface area (Å²) in [6.07, 6.45) is 54.3. The fraction of sp³-hybridized carbons (Fsp3) is 0.813. The largest absolute Gasteiger partial charge is 0.473 e. The number of aromatic nitrogens is 2. The van der Waals surface area contributed by atoms with E-state index in [-0.39, 0.29) is 0 Å². The SMILES string of the molecule is C1=CC=COC=C1.CC.CC.CC.CC.CC.CC.CC(C)(C)C.CC(C)(C)C.CC1CC1.CC1CCC1.CC1CCCC1.CC1CCCCC1.CC1CCCCCC1.CC1CCCCCCC1.c1ccc2nccnc2c1. The predicted molar refractivity (Wildman–Crippen MR) is 366 cm³/mol. The van der Waals surface area contributed by atoms with E-state index in [2.05, 4.69) is 107 Å². The minimum atomic E-state index is 0.500. The Hall–Kier alpha value is -2.42. The van der Waals surface area contributed by atoms with Gasteiger partial charge in [0.05, 0.1) is 23.6 Å². The van der Waals surface area contributed by atoms with E-state index in [0.29, 0.717) is 10.8 Å². The van der Waals surface area contributed by atoms with Crippen molar-refractivity contribution in [2.45, 2.75) is 353 Å². The quantitative estimate of drug-likeness (QED) is 0.247. The summed E-state index contributed by atoms with van der Waals surface area (Å²) in [5, 5.41) is 0. The van der Waals surface area contributed by atoms with Crippen LogP contribution in [0.2, 0.25) is 0 Å². The first-order valence-electron chi connectivity index (χ1n) is 34.1. The molecule has 0 N–H and O–H groups in total. The van der Waals surface area contributed by atoms with E-state index in [1.54, 1.807) is 24.9 Å². The summed E-state index contributed by atoms with van der Waals surface area (Å²) in [4.78, 5) is 8.24. The maximum atomic E-state index is 4.77. The van der Waals surface area contributed by atoms with Crippen LogP contribution in [0.4, 0.5) is 0 Å². The molecule has 0 amide bonds. The molecule has 6 fully saturated rings. The lowest BCUT2D eigenvalue weighted by molar-refractivity contribution is 0.346. The summed E-state index contributed by atoms with van der Waals surface area (Å²) in [6.45, 7) is 55.6. The number of para-hydroxylation sites is 2. The van der Waals surface area contributed by atoms with Gasteiger partial charge in [-0.15, -0.1) is 0 Å². The van der Waals surface area contributed by atoms with Crippen LogP contribution in [0, 0.1) is 46.3 Å². The smallest absolute Gasteiger partial charge is 0.0901 e. The van der Waals surface area contributed by atoms with E-state index >= 15 is 0 Å². The third-order valence-corrected chi connectivity index (χ3v) is 12.4. The van der Waals surface area contributed by atoms with E-state index in [4.69, 9.17) is 4.74 Å². The van der Waals surface area contributed by atoms with Crippen LogP contribution in [0.25, 0.3) is 11.0 Å². The number of hydrogen-bond acceptors (Lipinski definition) is 3. The Morgan fingerprint density at radius 3 is 0.679 bits per heavy atom. The molecular weight excluding hydrogens is 945 g/mol. The molecule has 2 heterocycles. The van der Waals surface area contributed by atoms with Gasteiger partial charge in [-0.25, -0.2) is 0 Å². The second kappa shape index (κ2) is 70.7. The van der Waals surface area contributed by atoms with Crippen LogP contribution in [0.3, 0.4) is 0 Å². The lowest BCUT2D eigenvalue weighted by atomic mass is 9.88. The lowest BCUT2D eigenvalue weighted by Crippen LogP contribution is -2.04. The van der Waals surface area contributed by atoms with Crippen molar-refractivity contribution in [3.8, 4) is 0 Å². The second-order valence-electron chi connectivity index (χ2n) is 24.6. The van der Waals surface area contributed by atoms with Crippen LogP contribution in [-0.4, -0.2) is 9.97 Å². The molecule has 0 saturated heterocycles. The number of ether oxygens (including phenoxy) is 1. The molecule has 466 valence electrons. The third kappa shape index (κ3) is 90.1. The Morgan fingerprint density at radius 2 is 0.487 bits per heavy atom. The molecule has 2 aromatic rings. The molecule has 1 aromatic heterocycles. The summed E-state index contributed by atoms with van der Waals surface area (Å²) in [7, 11) is 0. The average Bonchev–Trinajstić information content (AvgIpc) is 4.21. The fourth-order valence-corrected chi connectivity index (χ4v) is 7.62. The molecule has 0 atom stereocenters. The summed E-state index contributed by atoms with van der Waals surface area (Å²) in [5.74, 6) is 6.27. The lowest BCUT2D eigenvalue weighted by Gasteiger charge is -2.18. The highest BCUT2D eigenvalue weighted by Crippen LogP contribution is 2.27. The first-order valence-corrected chi connectivity index (χ1v) is 34.1. The second-order valence-corrected chi connectivity index (χ2v) is 24.6. The van der Waals surface area contributed by atoms with Crippen molar-refractivity contribution >= 4 is 11.0 Å². The van der Waals surface area contributed by atoms with Gasteiger partial charge in [0.2, 0.25) is 0 Å². The summed E-state index contributed by atoms with van der Waals surface area (Å²) in [5.41, 5.74) is 2.90. The number of allylic oxidation sites excluding steroid dienone is 4. The molecule has 3 heteroatoms. The number of fused-ring (bicyclic) bond motifs is 1. The highest BCUT2D eigenvalue weighted by molar-refractivity contribution is 5.73. The zero-order valence-electron chi connectivity index (χ0n) is 58.8. The summed E-state index contributed by atoms with van der Waals surface area (Å²) < 4.78 is 4.77. The number of nitrogens with zero attached hydrogens (tertiary/aromatic N) is 2. The number of rotatable bonds is 0. The molecular formula is C75H150N2O. The zero-order chi connectivity index (χ0) is 61.3. The monoisotopic (exact) mass is 1100 g/mol. The zero-order valence-corrected chi connectivity index (χ0v) is 58.8. The highest BCUT2D eigenvalue weighted by Gasteiger charge is 2.13. The first-order chi connectivity index (χ1) is 37.3. The van der Waals surface area contributed by atoms with E-state index in [0.717, 1.165) is 46.5 Å². The first kappa shape index (κ1) is 89.4. The Balaban J connectivity index is -0.000000142. The Labute approximate surface area is 496 Å². The maximum Gasteiger partial charge on any atom is 0.0901 e. The van der Waals surface area contributed by atoms with Crippen molar-refractivity contribution in [2.75, 3.05) is 0 Å². The van der Waals surface area contributed by atoms with Gasteiger partial charge < -0.3 is 4.74 Å². The minimum absolute atomic E-state index is 0.500. The third-order valence-electron chi connectivity index (χ3n) is 12.4. The van der Waals surface area contributed by atoms with Crippen molar-refractivity contribution in [1.29, 1.82) is 0 Å². The number of hydrogen-bond donors (Lipinski definition) is 0. The highest BCUT2D eigenvalue weighted by atomic mass is 16.5. The molecule has 1 aliphatic heterocycles. The van der Waals surface area contributed by atoms with Gasteiger partial charge in [-0.2, -0.15) is 0 Å². The summed E-state index contributed by atoms with van der Waals surface area (Å²) in [6, 6.07) is 7.80. The van der Waals surface area contributed by atoms with Gasteiger partial charge in [-0.05, 0) is 70.6 Å². The molecule has 6 saturated carbocycles. The molecule has 3 nitrogen and oxygen atoms in total. The molecule has 1 aromatic carbocycles. The molecule has 0 spiro atoms. The van der Waals surface area contributed by atoms with Crippen LogP contribution < -0.4 is 0 Å². The average molecular weight is 1100 g/mol. The topological polar surface area (TPSA) is 35.0 Å². The summed E-state index contributed by atoms with van der Waals surface area (Å²) >= 11 is 0. The van der Waals surface area contributed by atoms with E-state index < -0.39 is 0 Å². The van der Waals surface area contributed by atoms with Crippen LogP contribution >= 0.6 is 0 Å². The van der Waals surface area contributed by atoms with E-state index in [1.165, 1.54) is 173 Å². The molecule has 6 aliphatic carbocycles. The Morgan fingerprint density at radius 1 is 0.295 bits per heavy atom. The van der Waals surface area contributed by atoms with E-state index in [1.807, 2.05) is 132 Å². The van der Waals surface area contributed by atoms with Crippen LogP contribution in [-0.2, 0) is 4.74 Å². The van der Waals surface area contributed by atoms with E-state index in [9.17, 15) is 0 Å². The van der Waals surface area contributed by atoms with Crippen LogP contribution in [0.5, 0.6) is 0 Å². The van der Waals surface area contributed by atoms with Gasteiger partial charge in [-0.1, -0.05) is 378 Å². The van der Waals surface area contributed by atoms with Gasteiger partial charge >= 0.3 is 0 Å².